The van der Waals surface area contributed by atoms with E-state index >= 15 is 0 Å². The molecule has 0 aromatic rings. The molecule has 0 spiro atoms. The number of hydrogen-bond donors (Lipinski definition) is 3. The highest BCUT2D eigenvalue weighted by molar-refractivity contribution is 5.66. The van der Waals surface area contributed by atoms with Crippen molar-refractivity contribution < 1.29 is 20.1 Å². The summed E-state index contributed by atoms with van der Waals surface area (Å²) in [6.45, 7) is 4.41. The molecule has 0 amide bonds. The van der Waals surface area contributed by atoms with E-state index in [-0.39, 0.29) is 29.6 Å². The van der Waals surface area contributed by atoms with Crippen LogP contribution in [0, 0.1) is 40.9 Å². The van der Waals surface area contributed by atoms with Gasteiger partial charge in [-0.05, 0) is 55.3 Å². The number of rotatable bonds is 4. The summed E-state index contributed by atoms with van der Waals surface area (Å²) in [5.74, 6) is 6.38. The van der Waals surface area contributed by atoms with Crippen LogP contribution < -0.4 is 0 Å². The Morgan fingerprint density at radius 2 is 2.00 bits per heavy atom. The average Bonchev–Trinajstić information content (AvgIpc) is 2.65. The van der Waals surface area contributed by atoms with Crippen LogP contribution in [0.2, 0.25) is 0 Å². The fourth-order valence-corrected chi connectivity index (χ4v) is 5.95. The van der Waals surface area contributed by atoms with Crippen LogP contribution in [0.4, 0.5) is 0 Å². The van der Waals surface area contributed by atoms with Crippen molar-refractivity contribution in [2.75, 3.05) is 0 Å². The number of aliphatic hydroxyl groups excluding tert-OH is 2. The topological polar surface area (TPSA) is 77.8 Å². The molecule has 0 aliphatic heterocycles. The number of aliphatic hydroxyl groups is 2. The quantitative estimate of drug-likeness (QED) is 0.517. The van der Waals surface area contributed by atoms with E-state index in [1.165, 1.54) is 24.8 Å². The van der Waals surface area contributed by atoms with E-state index in [2.05, 4.69) is 31.8 Å². The van der Waals surface area contributed by atoms with Gasteiger partial charge >= 0.3 is 5.97 Å². The lowest BCUT2D eigenvalue weighted by molar-refractivity contribution is -0.136. The third-order valence-corrected chi connectivity index (χ3v) is 7.40. The van der Waals surface area contributed by atoms with Gasteiger partial charge in [0.2, 0.25) is 0 Å². The summed E-state index contributed by atoms with van der Waals surface area (Å²) in [5.41, 5.74) is 1.34. The highest BCUT2D eigenvalue weighted by Gasteiger charge is 2.58. The number of hydrogen-bond acceptors (Lipinski definition) is 3. The Bertz CT molecular complexity index is 636. The van der Waals surface area contributed by atoms with Gasteiger partial charge < -0.3 is 15.3 Å². The second-order valence-corrected chi connectivity index (χ2v) is 9.09. The third kappa shape index (κ3) is 4.10. The van der Waals surface area contributed by atoms with Gasteiger partial charge in [0.15, 0.2) is 0 Å². The molecule has 2 unspecified atom stereocenters. The molecule has 4 nitrogen and oxygen atoms in total. The van der Waals surface area contributed by atoms with E-state index in [0.717, 1.165) is 25.7 Å². The molecule has 0 heterocycles. The van der Waals surface area contributed by atoms with Crippen molar-refractivity contribution in [3.05, 3.63) is 11.6 Å². The second kappa shape index (κ2) is 8.37. The standard InChI is InChI=1S/C23H34O4/c1-15-18(9-6-10-21(26)27)23(2)14-13-20(25)17(22(15)23)11-12-19(24)16-7-4-3-5-8-16/h9,15-17,19-20,22,24-25H,3-8,10,13-14H2,1-2H3,(H,26,27)/t15?,17-,19?,20+,22+,23+/m1/s1. The Labute approximate surface area is 163 Å². The van der Waals surface area contributed by atoms with Gasteiger partial charge in [0.05, 0.1) is 12.0 Å². The second-order valence-electron chi connectivity index (χ2n) is 9.09. The van der Waals surface area contributed by atoms with Gasteiger partial charge in [-0.25, -0.2) is 0 Å². The van der Waals surface area contributed by atoms with Gasteiger partial charge in [0.1, 0.15) is 6.10 Å². The van der Waals surface area contributed by atoms with Gasteiger partial charge in [-0.15, -0.1) is 0 Å². The fourth-order valence-electron chi connectivity index (χ4n) is 5.95. The van der Waals surface area contributed by atoms with Crippen LogP contribution in [0.5, 0.6) is 0 Å². The van der Waals surface area contributed by atoms with Crippen LogP contribution in [0.25, 0.3) is 0 Å². The molecule has 3 rings (SSSR count). The molecule has 0 saturated heterocycles. The van der Waals surface area contributed by atoms with E-state index < -0.39 is 18.2 Å². The van der Waals surface area contributed by atoms with Crippen molar-refractivity contribution in [2.24, 2.45) is 29.1 Å². The van der Waals surface area contributed by atoms with Gasteiger partial charge in [-0.2, -0.15) is 0 Å². The summed E-state index contributed by atoms with van der Waals surface area (Å²) in [6.07, 6.45) is 9.18. The first-order valence-electron chi connectivity index (χ1n) is 10.6. The zero-order valence-corrected chi connectivity index (χ0v) is 16.7. The summed E-state index contributed by atoms with van der Waals surface area (Å²) < 4.78 is 0. The molecule has 3 fully saturated rings. The lowest BCUT2D eigenvalue weighted by atomic mass is 9.43. The predicted octanol–water partition coefficient (Wildman–Crippen LogP) is 3.77. The van der Waals surface area contributed by atoms with E-state index in [1.807, 2.05) is 0 Å². The molecule has 0 radical (unpaired) electrons. The van der Waals surface area contributed by atoms with Crippen molar-refractivity contribution in [3.63, 3.8) is 0 Å². The van der Waals surface area contributed by atoms with Crippen molar-refractivity contribution in [1.82, 2.24) is 0 Å². The first kappa shape index (κ1) is 20.4. The molecule has 0 bridgehead atoms. The lowest BCUT2D eigenvalue weighted by Gasteiger charge is -2.61. The average molecular weight is 375 g/mol. The number of carbonyl (C=O) groups is 1. The summed E-state index contributed by atoms with van der Waals surface area (Å²) in [5, 5.41) is 30.0. The van der Waals surface area contributed by atoms with Crippen molar-refractivity contribution in [3.8, 4) is 11.8 Å². The zero-order valence-electron chi connectivity index (χ0n) is 16.7. The molecule has 150 valence electrons. The van der Waals surface area contributed by atoms with Crippen LogP contribution in [-0.4, -0.2) is 33.5 Å². The Hall–Kier alpha value is -1.31. The van der Waals surface area contributed by atoms with Gasteiger partial charge in [-0.1, -0.05) is 56.6 Å². The van der Waals surface area contributed by atoms with Crippen LogP contribution in [0.15, 0.2) is 11.6 Å². The molecular formula is C23H34O4. The maximum absolute atomic E-state index is 10.8. The van der Waals surface area contributed by atoms with Gasteiger partial charge in [0.25, 0.3) is 0 Å². The Kier molecular flexibility index (Phi) is 6.33. The van der Waals surface area contributed by atoms with E-state index in [0.29, 0.717) is 12.3 Å². The predicted molar refractivity (Wildman–Crippen MR) is 105 cm³/mol. The fraction of sp³-hybridized carbons (Fsp3) is 0.783. The normalized spacial score (nSPS) is 39.0. The van der Waals surface area contributed by atoms with Crippen LogP contribution >= 0.6 is 0 Å². The van der Waals surface area contributed by atoms with Crippen molar-refractivity contribution >= 4 is 5.97 Å². The smallest absolute Gasteiger partial charge is 0.303 e. The Morgan fingerprint density at radius 3 is 2.67 bits per heavy atom. The SMILES string of the molecule is CC1C(=CCCC(=O)O)[C@]2(C)CC[C@H](O)[C@@H](C#CC(O)C3CCCCC3)[C@H]12. The summed E-state index contributed by atoms with van der Waals surface area (Å²) in [6, 6.07) is 0. The number of allylic oxidation sites excluding steroid dienone is 2. The molecule has 0 aromatic heterocycles. The minimum absolute atomic E-state index is 0.00624. The van der Waals surface area contributed by atoms with Crippen LogP contribution in [-0.2, 0) is 4.79 Å². The van der Waals surface area contributed by atoms with E-state index in [4.69, 9.17) is 5.11 Å². The molecule has 3 saturated carbocycles. The van der Waals surface area contributed by atoms with Gasteiger partial charge in [0, 0.05) is 6.42 Å². The number of aliphatic carboxylic acids is 1. The van der Waals surface area contributed by atoms with E-state index in [1.54, 1.807) is 0 Å². The number of carboxylic acid groups (broad SMARTS) is 1. The minimum atomic E-state index is -0.764. The van der Waals surface area contributed by atoms with Crippen molar-refractivity contribution in [1.29, 1.82) is 0 Å². The molecule has 6 atom stereocenters. The summed E-state index contributed by atoms with van der Waals surface area (Å²) in [4.78, 5) is 10.8. The number of carboxylic acids is 1. The maximum Gasteiger partial charge on any atom is 0.303 e. The van der Waals surface area contributed by atoms with Crippen LogP contribution in [0.1, 0.15) is 71.6 Å². The van der Waals surface area contributed by atoms with E-state index in [9.17, 15) is 15.0 Å². The largest absolute Gasteiger partial charge is 0.481 e. The maximum atomic E-state index is 10.8. The zero-order chi connectivity index (χ0) is 19.6. The molecule has 3 N–H and O–H groups in total. The summed E-state index contributed by atoms with van der Waals surface area (Å²) >= 11 is 0. The molecule has 3 aliphatic rings. The molecule has 27 heavy (non-hydrogen) atoms. The third-order valence-electron chi connectivity index (χ3n) is 7.40. The Balaban J connectivity index is 1.71. The highest BCUT2D eigenvalue weighted by Crippen LogP contribution is 2.64. The Morgan fingerprint density at radius 1 is 1.30 bits per heavy atom. The molecule has 0 aromatic carbocycles. The minimum Gasteiger partial charge on any atom is -0.481 e. The summed E-state index contributed by atoms with van der Waals surface area (Å²) in [7, 11) is 0. The van der Waals surface area contributed by atoms with Crippen LogP contribution in [0.3, 0.4) is 0 Å². The first-order chi connectivity index (χ1) is 12.8. The molecular weight excluding hydrogens is 340 g/mol. The van der Waals surface area contributed by atoms with Gasteiger partial charge in [-0.3, -0.25) is 4.79 Å². The highest BCUT2D eigenvalue weighted by atomic mass is 16.4. The lowest BCUT2D eigenvalue weighted by Crippen LogP contribution is -2.56. The van der Waals surface area contributed by atoms with Crippen molar-refractivity contribution in [2.45, 2.75) is 83.8 Å². The molecule has 4 heteroatoms. The number of fused-ring (bicyclic) bond motifs is 1. The molecule has 3 aliphatic carbocycles. The first-order valence-corrected chi connectivity index (χ1v) is 10.6. The monoisotopic (exact) mass is 374 g/mol.